The maximum atomic E-state index is 14.2. The van der Waals surface area contributed by atoms with Crippen LogP contribution in [0.25, 0.3) is 0 Å². The van der Waals surface area contributed by atoms with E-state index in [1.807, 2.05) is 31.2 Å². The molecule has 23 heavy (non-hydrogen) atoms. The number of rotatable bonds is 6. The van der Waals surface area contributed by atoms with Crippen LogP contribution in [-0.4, -0.2) is 5.97 Å². The first-order valence-electron chi connectivity index (χ1n) is 7.67. The van der Waals surface area contributed by atoms with Crippen molar-refractivity contribution in [1.82, 2.24) is 0 Å². The predicted molar refractivity (Wildman–Crippen MR) is 86.7 cm³/mol. The average Bonchev–Trinajstić information content (AvgIpc) is 2.54. The fourth-order valence-electron chi connectivity index (χ4n) is 2.12. The minimum Gasteiger partial charge on any atom is -0.489 e. The van der Waals surface area contributed by atoms with Crippen molar-refractivity contribution in [3.05, 3.63) is 65.0 Å². The van der Waals surface area contributed by atoms with E-state index in [9.17, 15) is 9.18 Å². The van der Waals surface area contributed by atoms with Crippen molar-refractivity contribution >= 4 is 5.97 Å². The number of carbonyl (C=O) groups is 1. The van der Waals surface area contributed by atoms with E-state index < -0.39 is 11.9 Å². The lowest BCUT2D eigenvalue weighted by atomic mass is 10.1. The third kappa shape index (κ3) is 4.81. The van der Waals surface area contributed by atoms with Crippen molar-refractivity contribution < 1.29 is 18.7 Å². The highest BCUT2D eigenvalue weighted by Crippen LogP contribution is 2.25. The molecule has 2 aromatic rings. The van der Waals surface area contributed by atoms with Crippen molar-refractivity contribution in [2.45, 2.75) is 39.9 Å². The molecule has 0 saturated heterocycles. The van der Waals surface area contributed by atoms with E-state index in [0.29, 0.717) is 17.9 Å². The first-order chi connectivity index (χ1) is 11.0. The third-order valence-corrected chi connectivity index (χ3v) is 3.53. The molecule has 0 aliphatic carbocycles. The van der Waals surface area contributed by atoms with E-state index in [-0.39, 0.29) is 12.4 Å². The number of aryl methyl sites for hydroxylation is 1. The van der Waals surface area contributed by atoms with E-state index in [2.05, 4.69) is 0 Å². The van der Waals surface area contributed by atoms with E-state index in [0.717, 1.165) is 5.56 Å². The summed E-state index contributed by atoms with van der Waals surface area (Å²) < 4.78 is 24.9. The van der Waals surface area contributed by atoms with Crippen LogP contribution < -0.4 is 4.74 Å². The Balaban J connectivity index is 2.01. The summed E-state index contributed by atoms with van der Waals surface area (Å²) in [5, 5.41) is 0. The lowest BCUT2D eigenvalue weighted by Crippen LogP contribution is -2.09. The Morgan fingerprint density at radius 1 is 1.17 bits per heavy atom. The molecule has 1 unspecified atom stereocenters. The fraction of sp³-hybridized carbons (Fsp3) is 0.316. The van der Waals surface area contributed by atoms with Crippen LogP contribution >= 0.6 is 0 Å². The first kappa shape index (κ1) is 17.0. The molecule has 0 heterocycles. The highest BCUT2D eigenvalue weighted by molar-refractivity contribution is 5.69. The summed E-state index contributed by atoms with van der Waals surface area (Å²) in [5.41, 5.74) is 2.54. The van der Waals surface area contributed by atoms with Crippen molar-refractivity contribution in [1.29, 1.82) is 0 Å². The molecule has 0 aliphatic heterocycles. The van der Waals surface area contributed by atoms with Crippen molar-refractivity contribution in [3.63, 3.8) is 0 Å². The van der Waals surface area contributed by atoms with Crippen LogP contribution in [-0.2, 0) is 16.1 Å². The topological polar surface area (TPSA) is 35.5 Å². The highest BCUT2D eigenvalue weighted by Gasteiger charge is 2.15. The van der Waals surface area contributed by atoms with Crippen molar-refractivity contribution in [3.8, 4) is 5.75 Å². The van der Waals surface area contributed by atoms with Gasteiger partial charge >= 0.3 is 5.97 Å². The Hall–Kier alpha value is -2.36. The molecule has 4 heteroatoms. The zero-order chi connectivity index (χ0) is 16.8. The average molecular weight is 316 g/mol. The summed E-state index contributed by atoms with van der Waals surface area (Å²) in [4.78, 5) is 11.3. The van der Waals surface area contributed by atoms with Crippen LogP contribution in [0.3, 0.4) is 0 Å². The van der Waals surface area contributed by atoms with Crippen LogP contribution in [0.5, 0.6) is 5.75 Å². The molecule has 3 nitrogen and oxygen atoms in total. The van der Waals surface area contributed by atoms with Gasteiger partial charge in [0.15, 0.2) is 0 Å². The molecule has 0 fully saturated rings. The summed E-state index contributed by atoms with van der Waals surface area (Å²) in [6.07, 6.45) is -0.349. The molecular formula is C19H21FO3. The van der Waals surface area contributed by atoms with Crippen LogP contribution in [0.15, 0.2) is 42.5 Å². The van der Waals surface area contributed by atoms with Gasteiger partial charge in [-0.05, 0) is 31.5 Å². The molecule has 0 aromatic heterocycles. The SMILES string of the molecule is CCC(=O)OC(C)c1ccc(OCc2ccc(C)cc2)cc1F. The van der Waals surface area contributed by atoms with Gasteiger partial charge in [-0.25, -0.2) is 4.39 Å². The second-order valence-corrected chi connectivity index (χ2v) is 5.44. The normalized spacial score (nSPS) is 11.8. The van der Waals surface area contributed by atoms with Crippen LogP contribution in [0.1, 0.15) is 43.1 Å². The van der Waals surface area contributed by atoms with Crippen LogP contribution in [0.4, 0.5) is 4.39 Å². The Bertz CT molecular complexity index is 665. The smallest absolute Gasteiger partial charge is 0.306 e. The number of esters is 1. The van der Waals surface area contributed by atoms with Gasteiger partial charge in [-0.15, -0.1) is 0 Å². The maximum Gasteiger partial charge on any atom is 0.306 e. The molecule has 0 radical (unpaired) electrons. The van der Waals surface area contributed by atoms with E-state index in [1.165, 1.54) is 11.6 Å². The molecule has 0 spiro atoms. The molecule has 2 aromatic carbocycles. The number of hydrogen-bond donors (Lipinski definition) is 0. The second kappa shape index (κ2) is 7.77. The first-order valence-corrected chi connectivity index (χ1v) is 7.67. The minimum atomic E-state index is -0.617. The molecule has 0 bridgehead atoms. The standard InChI is InChI=1S/C19H21FO3/c1-4-19(21)23-14(3)17-10-9-16(11-18(17)20)22-12-15-7-5-13(2)6-8-15/h5-11,14H,4,12H2,1-3H3. The highest BCUT2D eigenvalue weighted by atomic mass is 19.1. The van der Waals surface area contributed by atoms with Gasteiger partial charge in [-0.3, -0.25) is 4.79 Å². The predicted octanol–water partition coefficient (Wildman–Crippen LogP) is 4.73. The van der Waals surface area contributed by atoms with E-state index >= 15 is 0 Å². The second-order valence-electron chi connectivity index (χ2n) is 5.44. The maximum absolute atomic E-state index is 14.2. The van der Waals surface area contributed by atoms with Gasteiger partial charge in [-0.1, -0.05) is 36.8 Å². The fourth-order valence-corrected chi connectivity index (χ4v) is 2.12. The van der Waals surface area contributed by atoms with Gasteiger partial charge in [0.1, 0.15) is 24.3 Å². The Kier molecular flexibility index (Phi) is 5.74. The van der Waals surface area contributed by atoms with Gasteiger partial charge in [-0.2, -0.15) is 0 Å². The zero-order valence-corrected chi connectivity index (χ0v) is 13.6. The monoisotopic (exact) mass is 316 g/mol. The van der Waals surface area contributed by atoms with Crippen molar-refractivity contribution in [2.24, 2.45) is 0 Å². The molecule has 0 amide bonds. The third-order valence-electron chi connectivity index (χ3n) is 3.53. The number of benzene rings is 2. The number of ether oxygens (including phenoxy) is 2. The quantitative estimate of drug-likeness (QED) is 0.723. The van der Waals surface area contributed by atoms with Crippen LogP contribution in [0.2, 0.25) is 0 Å². The largest absolute Gasteiger partial charge is 0.489 e. The summed E-state index contributed by atoms with van der Waals surface area (Å²) in [6.45, 7) is 5.75. The van der Waals surface area contributed by atoms with E-state index in [4.69, 9.17) is 9.47 Å². The minimum absolute atomic E-state index is 0.268. The van der Waals surface area contributed by atoms with E-state index in [1.54, 1.807) is 26.0 Å². The summed E-state index contributed by atoms with van der Waals surface area (Å²) in [6, 6.07) is 12.6. The summed E-state index contributed by atoms with van der Waals surface area (Å²) >= 11 is 0. The number of carbonyl (C=O) groups excluding carboxylic acids is 1. The lowest BCUT2D eigenvalue weighted by Gasteiger charge is -2.15. The molecule has 2 rings (SSSR count). The van der Waals surface area contributed by atoms with Gasteiger partial charge in [0.25, 0.3) is 0 Å². The lowest BCUT2D eigenvalue weighted by molar-refractivity contribution is -0.148. The van der Waals surface area contributed by atoms with Gasteiger partial charge in [0.2, 0.25) is 0 Å². The summed E-state index contributed by atoms with van der Waals surface area (Å²) in [7, 11) is 0. The molecule has 0 saturated carbocycles. The molecule has 1 atom stereocenters. The van der Waals surface area contributed by atoms with Crippen molar-refractivity contribution in [2.75, 3.05) is 0 Å². The Morgan fingerprint density at radius 3 is 2.48 bits per heavy atom. The number of hydrogen-bond acceptors (Lipinski definition) is 3. The van der Waals surface area contributed by atoms with Crippen LogP contribution in [0, 0.1) is 12.7 Å². The zero-order valence-electron chi connectivity index (χ0n) is 13.6. The Morgan fingerprint density at radius 2 is 1.87 bits per heavy atom. The van der Waals surface area contributed by atoms with Gasteiger partial charge in [0.05, 0.1) is 0 Å². The molecule has 0 aliphatic rings. The van der Waals surface area contributed by atoms with Gasteiger partial charge in [0, 0.05) is 18.1 Å². The summed E-state index contributed by atoms with van der Waals surface area (Å²) in [5.74, 6) is -0.347. The Labute approximate surface area is 136 Å². The molecule has 122 valence electrons. The number of halogens is 1. The molecular weight excluding hydrogens is 295 g/mol. The van der Waals surface area contributed by atoms with Gasteiger partial charge < -0.3 is 9.47 Å². The molecule has 0 N–H and O–H groups in total.